The quantitative estimate of drug-likeness (QED) is 0.330. The van der Waals surface area contributed by atoms with Gasteiger partial charge in [-0.1, -0.05) is 68.5 Å². The summed E-state index contributed by atoms with van der Waals surface area (Å²) in [6.07, 6.45) is 18.0. The molecule has 116 valence electrons. The van der Waals surface area contributed by atoms with E-state index in [9.17, 15) is 0 Å². The van der Waals surface area contributed by atoms with E-state index < -0.39 is 0 Å². The highest BCUT2D eigenvalue weighted by molar-refractivity contribution is 5.14. The molecule has 0 aliphatic rings. The van der Waals surface area contributed by atoms with Gasteiger partial charge in [0.1, 0.15) is 0 Å². The molecule has 0 nitrogen and oxygen atoms in total. The first-order valence-electron chi connectivity index (χ1n) is 8.47. The molecule has 1 aromatic rings. The predicted molar refractivity (Wildman–Crippen MR) is 95.6 cm³/mol. The van der Waals surface area contributed by atoms with E-state index in [2.05, 4.69) is 75.4 Å². The Balaban J connectivity index is 2.17. The molecule has 0 heterocycles. The summed E-state index contributed by atoms with van der Waals surface area (Å²) in [6.45, 7) is 6.81. The summed E-state index contributed by atoms with van der Waals surface area (Å²) in [5.74, 6) is 0. The highest BCUT2D eigenvalue weighted by atomic mass is 14.2. The lowest BCUT2D eigenvalue weighted by Gasteiger charge is -2.20. The van der Waals surface area contributed by atoms with E-state index in [-0.39, 0.29) is 0 Å². The van der Waals surface area contributed by atoms with Gasteiger partial charge in [-0.2, -0.15) is 0 Å². The molecule has 0 atom stereocenters. The maximum absolute atomic E-state index is 2.42. The van der Waals surface area contributed by atoms with Crippen LogP contribution in [0.1, 0.15) is 64.9 Å². The fourth-order valence-electron chi connectivity index (χ4n) is 2.57. The molecule has 0 aromatic heterocycles. The normalized spacial score (nSPS) is 12.5. The molecule has 0 aliphatic heterocycles. The first kappa shape index (κ1) is 17.8. The molecule has 0 radical (unpaired) electrons. The molecule has 0 aliphatic carbocycles. The van der Waals surface area contributed by atoms with Crippen molar-refractivity contribution < 1.29 is 0 Å². The van der Waals surface area contributed by atoms with Gasteiger partial charge in [0.05, 0.1) is 0 Å². The first-order chi connectivity index (χ1) is 10.1. The van der Waals surface area contributed by atoms with E-state index >= 15 is 0 Å². The molecular weight excluding hydrogens is 252 g/mol. The Labute approximate surface area is 132 Å². The maximum atomic E-state index is 2.42. The zero-order valence-electron chi connectivity index (χ0n) is 14.1. The third-order valence-electron chi connectivity index (χ3n) is 3.93. The van der Waals surface area contributed by atoms with Gasteiger partial charge in [0.25, 0.3) is 0 Å². The second-order valence-electron chi connectivity index (χ2n) is 6.58. The van der Waals surface area contributed by atoms with Crippen LogP contribution in [0, 0.1) is 5.41 Å². The molecule has 0 N–H and O–H groups in total. The topological polar surface area (TPSA) is 0 Å². The summed E-state index contributed by atoms with van der Waals surface area (Å²) in [4.78, 5) is 0. The Hall–Kier alpha value is -1.30. The number of hydrogen-bond donors (Lipinski definition) is 0. The van der Waals surface area contributed by atoms with Crippen LogP contribution in [0.3, 0.4) is 0 Å². The van der Waals surface area contributed by atoms with Crippen molar-refractivity contribution in [1.82, 2.24) is 0 Å². The molecule has 0 heteroatoms. The standard InChI is InChI=1S/C21H32/c1-4-5-6-7-8-9-13-18-21(2,3)19-14-17-20-15-11-10-12-16-20/h4-5,10-13,15-16,18H,6-9,14,17,19H2,1-3H3/b5-4+,18-13+. The Kier molecular flexibility index (Phi) is 8.82. The van der Waals surface area contributed by atoms with Crippen LogP contribution in [0.15, 0.2) is 54.6 Å². The number of unbranched alkanes of at least 4 members (excludes halogenated alkanes) is 3. The molecule has 1 rings (SSSR count). The third kappa shape index (κ3) is 9.28. The smallest absolute Gasteiger partial charge is 0.0175 e. The van der Waals surface area contributed by atoms with E-state index in [4.69, 9.17) is 0 Å². The fourth-order valence-corrected chi connectivity index (χ4v) is 2.57. The van der Waals surface area contributed by atoms with Gasteiger partial charge in [0, 0.05) is 0 Å². The molecule has 0 bridgehead atoms. The average Bonchev–Trinajstić information content (AvgIpc) is 2.47. The van der Waals surface area contributed by atoms with E-state index in [0.29, 0.717) is 5.41 Å². The van der Waals surface area contributed by atoms with E-state index in [1.54, 1.807) is 0 Å². The predicted octanol–water partition coefficient (Wildman–Crippen LogP) is 6.73. The number of rotatable bonds is 10. The van der Waals surface area contributed by atoms with Crippen LogP contribution in [-0.2, 0) is 6.42 Å². The molecule has 21 heavy (non-hydrogen) atoms. The minimum absolute atomic E-state index is 0.331. The molecule has 0 saturated carbocycles. The molecule has 0 amide bonds. The Morgan fingerprint density at radius 2 is 1.57 bits per heavy atom. The summed E-state index contributed by atoms with van der Waals surface area (Å²) in [6, 6.07) is 10.8. The van der Waals surface area contributed by atoms with Crippen LogP contribution in [0.25, 0.3) is 0 Å². The van der Waals surface area contributed by atoms with Crippen molar-refractivity contribution in [3.8, 4) is 0 Å². The average molecular weight is 284 g/mol. The van der Waals surface area contributed by atoms with Gasteiger partial charge < -0.3 is 0 Å². The molecular formula is C21H32. The second kappa shape index (κ2) is 10.4. The SMILES string of the molecule is C/C=C/CCCC/C=C/C(C)(C)CCCc1ccccc1. The Morgan fingerprint density at radius 1 is 0.905 bits per heavy atom. The maximum Gasteiger partial charge on any atom is -0.0175 e. The van der Waals surface area contributed by atoms with Crippen molar-refractivity contribution in [2.24, 2.45) is 5.41 Å². The van der Waals surface area contributed by atoms with Gasteiger partial charge in [0.2, 0.25) is 0 Å². The number of allylic oxidation sites excluding steroid dienone is 4. The zero-order chi connectivity index (χ0) is 15.4. The van der Waals surface area contributed by atoms with Gasteiger partial charge in [-0.05, 0) is 62.8 Å². The summed E-state index contributed by atoms with van der Waals surface area (Å²) in [5.41, 5.74) is 1.79. The Bertz CT molecular complexity index is 409. The van der Waals surface area contributed by atoms with Gasteiger partial charge in [-0.3, -0.25) is 0 Å². The van der Waals surface area contributed by atoms with Crippen molar-refractivity contribution in [3.63, 3.8) is 0 Å². The number of aryl methyl sites for hydroxylation is 1. The Morgan fingerprint density at radius 3 is 2.24 bits per heavy atom. The highest BCUT2D eigenvalue weighted by Gasteiger charge is 2.12. The van der Waals surface area contributed by atoms with Gasteiger partial charge in [0.15, 0.2) is 0 Å². The van der Waals surface area contributed by atoms with Crippen molar-refractivity contribution in [2.75, 3.05) is 0 Å². The summed E-state index contributed by atoms with van der Waals surface area (Å²) < 4.78 is 0. The van der Waals surface area contributed by atoms with Crippen molar-refractivity contribution in [2.45, 2.75) is 65.7 Å². The molecule has 0 spiro atoms. The summed E-state index contributed by atoms with van der Waals surface area (Å²) >= 11 is 0. The van der Waals surface area contributed by atoms with E-state index in [1.807, 2.05) is 0 Å². The van der Waals surface area contributed by atoms with Crippen molar-refractivity contribution in [3.05, 3.63) is 60.2 Å². The third-order valence-corrected chi connectivity index (χ3v) is 3.93. The number of benzene rings is 1. The molecule has 0 saturated heterocycles. The molecule has 0 unspecified atom stereocenters. The van der Waals surface area contributed by atoms with Crippen LogP contribution in [0.4, 0.5) is 0 Å². The first-order valence-corrected chi connectivity index (χ1v) is 8.47. The lowest BCUT2D eigenvalue weighted by molar-refractivity contribution is 0.420. The second-order valence-corrected chi connectivity index (χ2v) is 6.58. The summed E-state index contributed by atoms with van der Waals surface area (Å²) in [7, 11) is 0. The van der Waals surface area contributed by atoms with E-state index in [1.165, 1.54) is 50.5 Å². The number of hydrogen-bond acceptors (Lipinski definition) is 0. The van der Waals surface area contributed by atoms with Crippen LogP contribution >= 0.6 is 0 Å². The minimum Gasteiger partial charge on any atom is -0.0917 e. The highest BCUT2D eigenvalue weighted by Crippen LogP contribution is 2.25. The molecule has 1 aromatic carbocycles. The van der Waals surface area contributed by atoms with Crippen molar-refractivity contribution >= 4 is 0 Å². The summed E-state index contributed by atoms with van der Waals surface area (Å²) in [5, 5.41) is 0. The molecule has 0 fully saturated rings. The fraction of sp³-hybridized carbons (Fsp3) is 0.524. The zero-order valence-corrected chi connectivity index (χ0v) is 14.1. The van der Waals surface area contributed by atoms with Crippen LogP contribution < -0.4 is 0 Å². The van der Waals surface area contributed by atoms with Crippen LogP contribution in [-0.4, -0.2) is 0 Å². The lowest BCUT2D eigenvalue weighted by Crippen LogP contribution is -2.07. The largest absolute Gasteiger partial charge is 0.0917 e. The van der Waals surface area contributed by atoms with Crippen molar-refractivity contribution in [1.29, 1.82) is 0 Å². The lowest BCUT2D eigenvalue weighted by atomic mass is 9.86. The van der Waals surface area contributed by atoms with Gasteiger partial charge in [-0.15, -0.1) is 0 Å². The monoisotopic (exact) mass is 284 g/mol. The van der Waals surface area contributed by atoms with Gasteiger partial charge in [-0.25, -0.2) is 0 Å². The van der Waals surface area contributed by atoms with E-state index in [0.717, 1.165) is 0 Å². The van der Waals surface area contributed by atoms with Gasteiger partial charge >= 0.3 is 0 Å². The minimum atomic E-state index is 0.331. The van der Waals surface area contributed by atoms with Crippen LogP contribution in [0.5, 0.6) is 0 Å². The van der Waals surface area contributed by atoms with Crippen LogP contribution in [0.2, 0.25) is 0 Å².